The molecule has 1 unspecified atom stereocenters. The molecule has 0 saturated heterocycles. The summed E-state index contributed by atoms with van der Waals surface area (Å²) in [5, 5.41) is 14.7. The molecule has 1 aromatic heterocycles. The van der Waals surface area contributed by atoms with Crippen molar-refractivity contribution in [3.63, 3.8) is 0 Å². The summed E-state index contributed by atoms with van der Waals surface area (Å²) < 4.78 is 18.5. The zero-order chi connectivity index (χ0) is 13.0. The van der Waals surface area contributed by atoms with Gasteiger partial charge in [-0.1, -0.05) is 6.07 Å². The van der Waals surface area contributed by atoms with Crippen LogP contribution in [-0.2, 0) is 0 Å². The maximum absolute atomic E-state index is 13.5. The van der Waals surface area contributed by atoms with E-state index in [0.29, 0.717) is 11.4 Å². The minimum absolute atomic E-state index is 0.255. The molecule has 0 fully saturated rings. The van der Waals surface area contributed by atoms with Gasteiger partial charge in [0.05, 0.1) is 12.8 Å². The Morgan fingerprint density at radius 2 is 2.28 bits per heavy atom. The summed E-state index contributed by atoms with van der Waals surface area (Å²) in [5.41, 5.74) is 0.324. The Morgan fingerprint density at radius 1 is 1.44 bits per heavy atom. The summed E-state index contributed by atoms with van der Waals surface area (Å²) >= 11 is 1.47. The van der Waals surface area contributed by atoms with Crippen molar-refractivity contribution in [3.05, 3.63) is 46.4 Å². The van der Waals surface area contributed by atoms with Gasteiger partial charge in [-0.2, -0.15) is 0 Å². The Balaban J connectivity index is 2.01. The molecule has 1 atom stereocenters. The molecule has 5 heteroatoms. The molecular weight excluding hydrogens is 253 g/mol. The molecular formula is C13H14FNO2S. The highest BCUT2D eigenvalue weighted by Crippen LogP contribution is 2.23. The van der Waals surface area contributed by atoms with Gasteiger partial charge < -0.3 is 15.2 Å². The second-order valence-corrected chi connectivity index (χ2v) is 4.74. The SMILES string of the molecule is COc1ccc(F)c(NCC(O)c2cccs2)c1. The number of aliphatic hydroxyl groups excluding tert-OH is 1. The van der Waals surface area contributed by atoms with E-state index in [4.69, 9.17) is 4.74 Å². The highest BCUT2D eigenvalue weighted by molar-refractivity contribution is 7.10. The molecule has 0 aliphatic rings. The number of thiophene rings is 1. The molecule has 0 aliphatic carbocycles. The third-order valence-corrected chi connectivity index (χ3v) is 3.50. The molecule has 0 amide bonds. The number of aliphatic hydroxyl groups is 1. The number of nitrogens with one attached hydrogen (secondary N) is 1. The molecule has 0 bridgehead atoms. The number of hydrogen-bond acceptors (Lipinski definition) is 4. The van der Waals surface area contributed by atoms with Gasteiger partial charge in [0.2, 0.25) is 0 Å². The van der Waals surface area contributed by atoms with Crippen molar-refractivity contribution in [1.29, 1.82) is 0 Å². The van der Waals surface area contributed by atoms with Gasteiger partial charge in [0.15, 0.2) is 0 Å². The second kappa shape index (κ2) is 5.84. The lowest BCUT2D eigenvalue weighted by atomic mass is 10.2. The zero-order valence-corrected chi connectivity index (χ0v) is 10.7. The number of halogens is 1. The molecule has 2 N–H and O–H groups in total. The predicted octanol–water partition coefficient (Wildman–Crippen LogP) is 3.04. The predicted molar refractivity (Wildman–Crippen MR) is 70.7 cm³/mol. The minimum atomic E-state index is -0.643. The van der Waals surface area contributed by atoms with Gasteiger partial charge in [0.1, 0.15) is 17.7 Å². The van der Waals surface area contributed by atoms with E-state index in [1.807, 2.05) is 17.5 Å². The van der Waals surface area contributed by atoms with Crippen molar-refractivity contribution in [1.82, 2.24) is 0 Å². The number of methoxy groups -OCH3 is 1. The summed E-state index contributed by atoms with van der Waals surface area (Å²) in [6, 6.07) is 8.17. The molecule has 2 rings (SSSR count). The molecule has 0 spiro atoms. The van der Waals surface area contributed by atoms with Crippen molar-refractivity contribution in [2.45, 2.75) is 6.10 Å². The Labute approximate surface area is 109 Å². The van der Waals surface area contributed by atoms with Crippen LogP contribution in [-0.4, -0.2) is 18.8 Å². The van der Waals surface area contributed by atoms with Gasteiger partial charge in [-0.25, -0.2) is 4.39 Å². The third-order valence-electron chi connectivity index (χ3n) is 2.53. The summed E-state index contributed by atoms with van der Waals surface area (Å²) in [6.07, 6.45) is -0.643. The summed E-state index contributed by atoms with van der Waals surface area (Å²) in [7, 11) is 1.53. The Morgan fingerprint density at radius 3 is 2.94 bits per heavy atom. The van der Waals surface area contributed by atoms with Gasteiger partial charge in [-0.05, 0) is 23.6 Å². The third kappa shape index (κ3) is 3.00. The van der Waals surface area contributed by atoms with Crippen LogP contribution in [0.4, 0.5) is 10.1 Å². The molecule has 3 nitrogen and oxygen atoms in total. The normalized spacial score (nSPS) is 12.2. The fraction of sp³-hybridized carbons (Fsp3) is 0.231. The monoisotopic (exact) mass is 267 g/mol. The van der Waals surface area contributed by atoms with Crippen molar-refractivity contribution >= 4 is 17.0 Å². The summed E-state index contributed by atoms with van der Waals surface area (Å²) in [4.78, 5) is 0.853. The number of hydrogen-bond donors (Lipinski definition) is 2. The number of ether oxygens (including phenoxy) is 1. The van der Waals surface area contributed by atoms with Crippen LogP contribution in [0.2, 0.25) is 0 Å². The van der Waals surface area contributed by atoms with Gasteiger partial charge >= 0.3 is 0 Å². The van der Waals surface area contributed by atoms with E-state index in [1.54, 1.807) is 12.1 Å². The van der Waals surface area contributed by atoms with Gasteiger partial charge in [0, 0.05) is 17.5 Å². The van der Waals surface area contributed by atoms with Crippen LogP contribution in [0.3, 0.4) is 0 Å². The van der Waals surface area contributed by atoms with Gasteiger partial charge in [-0.15, -0.1) is 11.3 Å². The maximum Gasteiger partial charge on any atom is 0.146 e. The fourth-order valence-corrected chi connectivity index (χ4v) is 2.27. The summed E-state index contributed by atoms with van der Waals surface area (Å²) in [5.74, 6) is 0.207. The lowest BCUT2D eigenvalue weighted by molar-refractivity contribution is 0.195. The van der Waals surface area contributed by atoms with Crippen LogP contribution < -0.4 is 10.1 Å². The van der Waals surface area contributed by atoms with E-state index in [2.05, 4.69) is 5.32 Å². The minimum Gasteiger partial charge on any atom is -0.497 e. The number of anilines is 1. The maximum atomic E-state index is 13.5. The van der Waals surface area contributed by atoms with Crippen LogP contribution in [0.1, 0.15) is 11.0 Å². The first kappa shape index (κ1) is 12.9. The second-order valence-electron chi connectivity index (χ2n) is 3.76. The van der Waals surface area contributed by atoms with Crippen molar-refractivity contribution in [3.8, 4) is 5.75 Å². The smallest absolute Gasteiger partial charge is 0.146 e. The molecule has 2 aromatic rings. The number of benzene rings is 1. The van der Waals surface area contributed by atoms with Crippen molar-refractivity contribution in [2.75, 3.05) is 19.0 Å². The van der Waals surface area contributed by atoms with Crippen LogP contribution in [0.5, 0.6) is 5.75 Å². The lowest BCUT2D eigenvalue weighted by Crippen LogP contribution is -2.12. The van der Waals surface area contributed by atoms with Crippen LogP contribution in [0, 0.1) is 5.82 Å². The molecule has 1 heterocycles. The quantitative estimate of drug-likeness (QED) is 0.875. The number of rotatable bonds is 5. The highest BCUT2D eigenvalue weighted by Gasteiger charge is 2.10. The largest absolute Gasteiger partial charge is 0.497 e. The van der Waals surface area contributed by atoms with Gasteiger partial charge in [-0.3, -0.25) is 0 Å². The molecule has 96 valence electrons. The Hall–Kier alpha value is -1.59. The lowest BCUT2D eigenvalue weighted by Gasteiger charge is -2.12. The van der Waals surface area contributed by atoms with E-state index < -0.39 is 6.10 Å². The van der Waals surface area contributed by atoms with Crippen molar-refractivity contribution < 1.29 is 14.2 Å². The molecule has 0 radical (unpaired) electrons. The van der Waals surface area contributed by atoms with Gasteiger partial charge in [0.25, 0.3) is 0 Å². The average Bonchev–Trinajstić information content (AvgIpc) is 2.91. The fourth-order valence-electron chi connectivity index (χ4n) is 1.55. The molecule has 1 aromatic carbocycles. The van der Waals surface area contributed by atoms with E-state index in [9.17, 15) is 9.50 Å². The van der Waals surface area contributed by atoms with E-state index in [-0.39, 0.29) is 12.4 Å². The highest BCUT2D eigenvalue weighted by atomic mass is 32.1. The van der Waals surface area contributed by atoms with Crippen LogP contribution in [0.25, 0.3) is 0 Å². The standard InChI is InChI=1S/C13H14FNO2S/c1-17-9-4-5-10(14)11(7-9)15-8-12(16)13-3-2-6-18-13/h2-7,12,15-16H,8H2,1H3. The molecule has 18 heavy (non-hydrogen) atoms. The van der Waals surface area contributed by atoms with Crippen LogP contribution in [0.15, 0.2) is 35.7 Å². The topological polar surface area (TPSA) is 41.5 Å². The Kier molecular flexibility index (Phi) is 4.17. The van der Waals surface area contributed by atoms with Crippen molar-refractivity contribution in [2.24, 2.45) is 0 Å². The average molecular weight is 267 g/mol. The first-order valence-corrected chi connectivity index (χ1v) is 6.37. The van der Waals surface area contributed by atoms with E-state index in [0.717, 1.165) is 4.88 Å². The summed E-state index contributed by atoms with van der Waals surface area (Å²) in [6.45, 7) is 0.255. The van der Waals surface area contributed by atoms with E-state index in [1.165, 1.54) is 24.5 Å². The molecule has 0 saturated carbocycles. The first-order chi connectivity index (χ1) is 8.70. The molecule has 0 aliphatic heterocycles. The first-order valence-electron chi connectivity index (χ1n) is 5.49. The van der Waals surface area contributed by atoms with E-state index >= 15 is 0 Å². The van der Waals surface area contributed by atoms with Crippen LogP contribution >= 0.6 is 11.3 Å². The zero-order valence-electron chi connectivity index (χ0n) is 9.89. The Bertz CT molecular complexity index is 502.